The summed E-state index contributed by atoms with van der Waals surface area (Å²) in [4.78, 5) is 27.2. The monoisotopic (exact) mass is 625 g/mol. The number of ether oxygens (including phenoxy) is 2. The number of carbonyl (C=O) groups excluding carboxylic acids is 1. The van der Waals surface area contributed by atoms with Gasteiger partial charge in [0.25, 0.3) is 0 Å². The van der Waals surface area contributed by atoms with Gasteiger partial charge < -0.3 is 19.3 Å². The van der Waals surface area contributed by atoms with Gasteiger partial charge in [-0.15, -0.1) is 0 Å². The van der Waals surface area contributed by atoms with Crippen LogP contribution in [0.4, 0.5) is 10.6 Å². The minimum Gasteiger partial charge on any atom is -0.489 e. The first-order chi connectivity index (χ1) is 21.7. The predicted molar refractivity (Wildman–Crippen MR) is 177 cm³/mol. The van der Waals surface area contributed by atoms with Crippen molar-refractivity contribution in [1.29, 1.82) is 5.26 Å². The number of benzene rings is 2. The Kier molecular flexibility index (Phi) is 8.96. The summed E-state index contributed by atoms with van der Waals surface area (Å²) in [5.41, 5.74) is 5.77. The molecule has 3 aromatic rings. The van der Waals surface area contributed by atoms with Crippen molar-refractivity contribution in [2.75, 3.05) is 30.8 Å². The van der Waals surface area contributed by atoms with Gasteiger partial charge in [-0.25, -0.2) is 14.8 Å². The van der Waals surface area contributed by atoms with Crippen molar-refractivity contribution in [2.45, 2.75) is 94.5 Å². The van der Waals surface area contributed by atoms with Crippen molar-refractivity contribution in [3.63, 3.8) is 0 Å². The molecule has 0 saturated carbocycles. The molecule has 45 heavy (non-hydrogen) atoms. The van der Waals surface area contributed by atoms with E-state index in [9.17, 15) is 10.1 Å². The van der Waals surface area contributed by atoms with Crippen molar-refractivity contribution in [2.24, 2.45) is 0 Å². The van der Waals surface area contributed by atoms with Gasteiger partial charge in [0.2, 0.25) is 0 Å². The van der Waals surface area contributed by atoms with Crippen molar-refractivity contribution in [3.8, 4) is 11.8 Å². The van der Waals surface area contributed by atoms with Gasteiger partial charge in [-0.1, -0.05) is 48.2 Å². The van der Waals surface area contributed by atoms with Crippen molar-refractivity contribution in [3.05, 3.63) is 76.5 Å². The largest absolute Gasteiger partial charge is 0.489 e. The smallest absolute Gasteiger partial charge is 0.410 e. The van der Waals surface area contributed by atoms with Gasteiger partial charge >= 0.3 is 6.09 Å². The molecule has 2 heterocycles. The summed E-state index contributed by atoms with van der Waals surface area (Å²) in [6.45, 7) is 7.82. The summed E-state index contributed by atoms with van der Waals surface area (Å²) in [6.07, 6.45) is 8.10. The van der Waals surface area contributed by atoms with Gasteiger partial charge in [0, 0.05) is 30.6 Å². The first-order valence-corrected chi connectivity index (χ1v) is 17.3. The molecule has 1 aromatic heterocycles. The lowest BCUT2D eigenvalue weighted by molar-refractivity contribution is 0.0144. The fraction of sp³-hybridized carbons (Fsp3) is 0.500. The highest BCUT2D eigenvalue weighted by molar-refractivity contribution is 7.98. The summed E-state index contributed by atoms with van der Waals surface area (Å²) < 4.78 is 12.0. The number of amides is 1. The Morgan fingerprint density at radius 1 is 1.11 bits per heavy atom. The lowest BCUT2D eigenvalue weighted by Crippen LogP contribution is -2.56. The fourth-order valence-corrected chi connectivity index (χ4v) is 7.58. The highest BCUT2D eigenvalue weighted by Gasteiger charge is 2.42. The van der Waals surface area contributed by atoms with Gasteiger partial charge in [0.1, 0.15) is 23.8 Å². The molecule has 1 unspecified atom stereocenters. The highest BCUT2D eigenvalue weighted by Crippen LogP contribution is 2.48. The van der Waals surface area contributed by atoms with Crippen molar-refractivity contribution >= 4 is 23.7 Å². The quantitative estimate of drug-likeness (QED) is 0.216. The van der Waals surface area contributed by atoms with Crippen LogP contribution < -0.4 is 9.64 Å². The number of fused-ring (bicyclic) bond motifs is 3. The second kappa shape index (κ2) is 12.9. The maximum Gasteiger partial charge on any atom is 0.410 e. The van der Waals surface area contributed by atoms with Gasteiger partial charge in [0.15, 0.2) is 5.16 Å². The molecule has 236 valence electrons. The van der Waals surface area contributed by atoms with E-state index >= 15 is 0 Å². The second-order valence-electron chi connectivity index (χ2n) is 13.5. The third-order valence-electron chi connectivity index (χ3n) is 9.33. The Labute approximate surface area is 271 Å². The third kappa shape index (κ3) is 6.76. The second-order valence-corrected chi connectivity index (χ2v) is 14.3. The first kappa shape index (κ1) is 31.2. The molecule has 1 aliphatic heterocycles. The van der Waals surface area contributed by atoms with Crippen LogP contribution in [0.15, 0.2) is 53.7 Å². The molecule has 0 bridgehead atoms. The van der Waals surface area contributed by atoms with E-state index in [1.165, 1.54) is 23.1 Å². The first-order valence-electron chi connectivity index (χ1n) is 16.0. The Morgan fingerprint density at radius 2 is 1.93 bits per heavy atom. The van der Waals surface area contributed by atoms with Gasteiger partial charge in [0.05, 0.1) is 24.2 Å². The zero-order valence-corrected chi connectivity index (χ0v) is 27.7. The van der Waals surface area contributed by atoms with Gasteiger partial charge in [-0.05, 0) is 94.4 Å². The van der Waals surface area contributed by atoms with E-state index in [2.05, 4.69) is 41.3 Å². The minimum absolute atomic E-state index is 0.0206. The number of hydrogen-bond acceptors (Lipinski definition) is 8. The summed E-state index contributed by atoms with van der Waals surface area (Å²) >= 11 is 1.56. The van der Waals surface area contributed by atoms with E-state index in [4.69, 9.17) is 19.4 Å². The van der Waals surface area contributed by atoms with Crippen molar-refractivity contribution in [1.82, 2.24) is 14.9 Å². The SMILES string of the molecule is CSc1nc2c(c(N3CCN(C(=O)OC(C)(C)C)[C@@H](CC#N)C3)n1)CCC1(CCCc3ccc(OCc4ccccc4)cc31)C2. The van der Waals surface area contributed by atoms with E-state index in [0.29, 0.717) is 26.2 Å². The molecule has 1 amide bonds. The number of carbonyl (C=O) groups is 1. The van der Waals surface area contributed by atoms with Crippen LogP contribution in [-0.2, 0) is 36.0 Å². The van der Waals surface area contributed by atoms with Crippen LogP contribution in [0, 0.1) is 11.3 Å². The molecule has 9 heteroatoms. The molecular weight excluding hydrogens is 582 g/mol. The Balaban J connectivity index is 1.27. The molecule has 1 spiro atoms. The van der Waals surface area contributed by atoms with E-state index in [0.717, 1.165) is 60.1 Å². The lowest BCUT2D eigenvalue weighted by Gasteiger charge is -2.45. The number of rotatable bonds is 6. The van der Waals surface area contributed by atoms with Crippen LogP contribution in [-0.4, -0.2) is 58.5 Å². The topological polar surface area (TPSA) is 91.6 Å². The molecule has 2 aromatic carbocycles. The average molecular weight is 626 g/mol. The number of aryl methyl sites for hydroxylation is 1. The number of aromatic nitrogens is 2. The number of thioether (sulfide) groups is 1. The molecule has 1 fully saturated rings. The molecule has 1 saturated heterocycles. The van der Waals surface area contributed by atoms with Crippen molar-refractivity contribution < 1.29 is 14.3 Å². The summed E-state index contributed by atoms with van der Waals surface area (Å²) in [7, 11) is 0. The maximum atomic E-state index is 13.0. The minimum atomic E-state index is -0.590. The van der Waals surface area contributed by atoms with E-state index in [1.807, 2.05) is 45.2 Å². The van der Waals surface area contributed by atoms with E-state index in [-0.39, 0.29) is 24.0 Å². The Bertz CT molecular complexity index is 1580. The zero-order valence-electron chi connectivity index (χ0n) is 26.8. The number of piperazine rings is 1. The predicted octanol–water partition coefficient (Wildman–Crippen LogP) is 6.88. The van der Waals surface area contributed by atoms with Crippen LogP contribution >= 0.6 is 11.8 Å². The number of nitriles is 1. The molecular formula is C36H43N5O3S. The van der Waals surface area contributed by atoms with Crippen LogP contribution in [0.25, 0.3) is 0 Å². The normalized spacial score (nSPS) is 21.1. The number of nitrogens with zero attached hydrogens (tertiary/aromatic N) is 5. The molecule has 2 atom stereocenters. The average Bonchev–Trinajstić information content (AvgIpc) is 3.03. The summed E-state index contributed by atoms with van der Waals surface area (Å²) in [5.74, 6) is 1.88. The van der Waals surface area contributed by atoms with E-state index in [1.54, 1.807) is 16.7 Å². The molecule has 2 aliphatic carbocycles. The molecule has 0 radical (unpaired) electrons. The third-order valence-corrected chi connectivity index (χ3v) is 9.88. The van der Waals surface area contributed by atoms with Crippen LogP contribution in [0.3, 0.4) is 0 Å². The van der Waals surface area contributed by atoms with E-state index < -0.39 is 5.60 Å². The summed E-state index contributed by atoms with van der Waals surface area (Å²) in [5, 5.41) is 10.4. The fourth-order valence-electron chi connectivity index (χ4n) is 7.21. The maximum absolute atomic E-state index is 13.0. The Morgan fingerprint density at radius 3 is 2.69 bits per heavy atom. The van der Waals surface area contributed by atoms with Crippen LogP contribution in [0.2, 0.25) is 0 Å². The van der Waals surface area contributed by atoms with Crippen LogP contribution in [0.5, 0.6) is 5.75 Å². The van der Waals surface area contributed by atoms with Crippen LogP contribution in [0.1, 0.15) is 74.4 Å². The molecule has 6 rings (SSSR count). The standard InChI is InChI=1S/C36H43N5O3S/c1-35(2,3)44-34(42)41-20-19-40(23-27(41)15-18-37)32-29-14-17-36(22-31(29)38-33(39-32)45-4)16-8-11-26-12-13-28(21-30(26)36)43-24-25-9-6-5-7-10-25/h5-7,9-10,12-13,21,27H,8,11,14-17,19-20,22-24H2,1-4H3/t27-,36?/m0/s1. The van der Waals surface area contributed by atoms with Gasteiger partial charge in [-0.2, -0.15) is 5.26 Å². The lowest BCUT2D eigenvalue weighted by atomic mass is 9.62. The highest BCUT2D eigenvalue weighted by atomic mass is 32.2. The molecule has 8 nitrogen and oxygen atoms in total. The molecule has 0 N–H and O–H groups in total. The molecule has 3 aliphatic rings. The summed E-state index contributed by atoms with van der Waals surface area (Å²) in [6, 6.07) is 19.0. The van der Waals surface area contributed by atoms with Gasteiger partial charge in [-0.3, -0.25) is 0 Å². The number of anilines is 1. The Hall–Kier alpha value is -3.77. The number of hydrogen-bond donors (Lipinski definition) is 0. The zero-order chi connectivity index (χ0) is 31.6.